The number of carboxylic acids is 1. The molecule has 1 atom stereocenters. The van der Waals surface area contributed by atoms with Gasteiger partial charge in [0.2, 0.25) is 10.0 Å². The lowest BCUT2D eigenvalue weighted by atomic mass is 10.1. The Bertz CT molecular complexity index is 911. The highest BCUT2D eigenvalue weighted by Gasteiger charge is 2.19. The summed E-state index contributed by atoms with van der Waals surface area (Å²) in [7, 11) is -2.23. The molecular formula is C20H26N2O5S. The van der Waals surface area contributed by atoms with Crippen LogP contribution in [-0.2, 0) is 16.4 Å². The quantitative estimate of drug-likeness (QED) is 0.560. The van der Waals surface area contributed by atoms with Crippen LogP contribution in [0.5, 0.6) is 5.75 Å². The summed E-state index contributed by atoms with van der Waals surface area (Å²) >= 11 is 0. The third-order valence-corrected chi connectivity index (χ3v) is 5.87. The van der Waals surface area contributed by atoms with E-state index < -0.39 is 16.0 Å². The molecule has 8 heteroatoms. The molecule has 0 saturated carbocycles. The number of sulfonamides is 1. The number of carbonyl (C=O) groups is 1. The summed E-state index contributed by atoms with van der Waals surface area (Å²) in [6.07, 6.45) is 1.31. The molecule has 0 aliphatic heterocycles. The minimum Gasteiger partial charge on any atom is -0.497 e. The van der Waals surface area contributed by atoms with Crippen LogP contribution in [0.25, 0.3) is 0 Å². The average molecular weight is 407 g/mol. The number of benzene rings is 2. The highest BCUT2D eigenvalue weighted by molar-refractivity contribution is 7.89. The van der Waals surface area contributed by atoms with Gasteiger partial charge in [-0.25, -0.2) is 17.9 Å². The lowest BCUT2D eigenvalue weighted by Gasteiger charge is -2.16. The van der Waals surface area contributed by atoms with E-state index in [9.17, 15) is 18.3 Å². The van der Waals surface area contributed by atoms with E-state index in [2.05, 4.69) is 10.0 Å². The van der Waals surface area contributed by atoms with Gasteiger partial charge in [-0.15, -0.1) is 0 Å². The minimum absolute atomic E-state index is 0.0710. The number of rotatable bonds is 10. The Labute approximate surface area is 165 Å². The highest BCUT2D eigenvalue weighted by atomic mass is 32.2. The van der Waals surface area contributed by atoms with Crippen molar-refractivity contribution >= 4 is 21.7 Å². The zero-order valence-electron chi connectivity index (χ0n) is 16.2. The summed E-state index contributed by atoms with van der Waals surface area (Å²) in [5, 5.41) is 12.5. The summed E-state index contributed by atoms with van der Waals surface area (Å²) in [5.74, 6) is -0.447. The first kappa shape index (κ1) is 21.7. The topological polar surface area (TPSA) is 105 Å². The number of hydrogen-bond donors (Lipinski definition) is 3. The molecular weight excluding hydrogens is 380 g/mol. The van der Waals surface area contributed by atoms with Crippen molar-refractivity contribution in [3.05, 3.63) is 53.6 Å². The van der Waals surface area contributed by atoms with Gasteiger partial charge in [0.25, 0.3) is 0 Å². The molecule has 2 rings (SSSR count). The molecule has 0 aliphatic carbocycles. The third-order valence-electron chi connectivity index (χ3n) is 4.41. The van der Waals surface area contributed by atoms with E-state index >= 15 is 0 Å². The van der Waals surface area contributed by atoms with Gasteiger partial charge in [0.1, 0.15) is 5.75 Å². The summed E-state index contributed by atoms with van der Waals surface area (Å²) in [6.45, 7) is 4.10. The van der Waals surface area contributed by atoms with Crippen LogP contribution < -0.4 is 14.8 Å². The van der Waals surface area contributed by atoms with Gasteiger partial charge in [0, 0.05) is 18.3 Å². The molecule has 0 heterocycles. The van der Waals surface area contributed by atoms with Gasteiger partial charge in [0.15, 0.2) is 0 Å². The normalized spacial score (nSPS) is 12.4. The summed E-state index contributed by atoms with van der Waals surface area (Å²) in [4.78, 5) is 11.5. The molecule has 28 heavy (non-hydrogen) atoms. The summed E-state index contributed by atoms with van der Waals surface area (Å²) in [5.41, 5.74) is 1.29. The van der Waals surface area contributed by atoms with E-state index in [1.54, 1.807) is 7.11 Å². The van der Waals surface area contributed by atoms with Crippen molar-refractivity contribution < 1.29 is 23.1 Å². The third kappa shape index (κ3) is 5.71. The van der Waals surface area contributed by atoms with Gasteiger partial charge in [-0.1, -0.05) is 19.1 Å². The van der Waals surface area contributed by atoms with Crippen LogP contribution >= 0.6 is 0 Å². The zero-order valence-corrected chi connectivity index (χ0v) is 17.0. The Kier molecular flexibility index (Phi) is 7.42. The summed E-state index contributed by atoms with van der Waals surface area (Å²) < 4.78 is 32.7. The number of anilines is 1. The second-order valence-electron chi connectivity index (χ2n) is 6.46. The Morgan fingerprint density at radius 1 is 1.18 bits per heavy atom. The van der Waals surface area contributed by atoms with Gasteiger partial charge >= 0.3 is 5.97 Å². The van der Waals surface area contributed by atoms with Crippen molar-refractivity contribution in [2.45, 2.75) is 37.6 Å². The number of nitrogens with one attached hydrogen (secondary N) is 2. The van der Waals surface area contributed by atoms with Gasteiger partial charge in [0.05, 0.1) is 17.6 Å². The fourth-order valence-electron chi connectivity index (χ4n) is 2.57. The molecule has 152 valence electrons. The molecule has 0 aromatic heterocycles. The maximum Gasteiger partial charge on any atom is 0.337 e. The van der Waals surface area contributed by atoms with Crippen LogP contribution in [0.15, 0.2) is 47.4 Å². The number of aromatic carboxylic acids is 1. The number of ether oxygens (including phenoxy) is 1. The molecule has 0 saturated heterocycles. The molecule has 0 fully saturated rings. The second kappa shape index (κ2) is 9.57. The van der Waals surface area contributed by atoms with Gasteiger partial charge in [-0.05, 0) is 55.7 Å². The predicted molar refractivity (Wildman–Crippen MR) is 109 cm³/mol. The van der Waals surface area contributed by atoms with E-state index in [0.29, 0.717) is 12.1 Å². The first-order chi connectivity index (χ1) is 13.3. The molecule has 0 bridgehead atoms. The molecule has 2 aromatic carbocycles. The van der Waals surface area contributed by atoms with E-state index in [-0.39, 0.29) is 23.0 Å². The van der Waals surface area contributed by atoms with E-state index in [4.69, 9.17) is 4.74 Å². The van der Waals surface area contributed by atoms with E-state index in [1.807, 2.05) is 38.1 Å². The van der Waals surface area contributed by atoms with Crippen molar-refractivity contribution in [1.82, 2.24) is 4.72 Å². The van der Waals surface area contributed by atoms with Crippen LogP contribution in [0.2, 0.25) is 0 Å². The molecule has 2 aromatic rings. The van der Waals surface area contributed by atoms with Crippen molar-refractivity contribution in [3.63, 3.8) is 0 Å². The average Bonchev–Trinajstić information content (AvgIpc) is 2.68. The number of methoxy groups -OCH3 is 1. The smallest absolute Gasteiger partial charge is 0.337 e. The van der Waals surface area contributed by atoms with Crippen LogP contribution in [0, 0.1) is 0 Å². The fourth-order valence-corrected chi connectivity index (χ4v) is 3.62. The molecule has 3 N–H and O–H groups in total. The van der Waals surface area contributed by atoms with Crippen molar-refractivity contribution in [3.8, 4) is 5.75 Å². The predicted octanol–water partition coefficient (Wildman–Crippen LogP) is 3.12. The van der Waals surface area contributed by atoms with Gasteiger partial charge in [-0.2, -0.15) is 0 Å². The maximum absolute atomic E-state index is 12.5. The van der Waals surface area contributed by atoms with Gasteiger partial charge < -0.3 is 15.2 Å². The first-order valence-electron chi connectivity index (χ1n) is 9.03. The highest BCUT2D eigenvalue weighted by Crippen LogP contribution is 2.22. The molecule has 0 amide bonds. The molecule has 7 nitrogen and oxygen atoms in total. The molecule has 1 unspecified atom stereocenters. The first-order valence-corrected chi connectivity index (χ1v) is 10.5. The molecule has 0 spiro atoms. The van der Waals surface area contributed by atoms with Crippen molar-refractivity contribution in [2.75, 3.05) is 19.0 Å². The van der Waals surface area contributed by atoms with E-state index in [0.717, 1.165) is 17.7 Å². The maximum atomic E-state index is 12.5. The molecule has 0 aliphatic rings. The monoisotopic (exact) mass is 406 g/mol. The number of hydrogen-bond acceptors (Lipinski definition) is 5. The van der Waals surface area contributed by atoms with Crippen LogP contribution in [0.1, 0.15) is 36.2 Å². The second-order valence-corrected chi connectivity index (χ2v) is 8.23. The summed E-state index contributed by atoms with van der Waals surface area (Å²) in [6, 6.07) is 11.5. The Hall–Kier alpha value is -2.58. The Morgan fingerprint density at radius 2 is 1.86 bits per heavy atom. The van der Waals surface area contributed by atoms with Crippen molar-refractivity contribution in [1.29, 1.82) is 0 Å². The number of carboxylic acid groups (broad SMARTS) is 1. The lowest BCUT2D eigenvalue weighted by Crippen LogP contribution is -2.26. The lowest BCUT2D eigenvalue weighted by molar-refractivity contribution is 0.0697. The van der Waals surface area contributed by atoms with Gasteiger partial charge in [-0.3, -0.25) is 0 Å². The minimum atomic E-state index is -3.82. The fraction of sp³-hybridized carbons (Fsp3) is 0.350. The van der Waals surface area contributed by atoms with Crippen LogP contribution in [0.4, 0.5) is 5.69 Å². The van der Waals surface area contributed by atoms with Crippen molar-refractivity contribution in [2.24, 2.45) is 0 Å². The zero-order chi connectivity index (χ0) is 20.7. The Morgan fingerprint density at radius 3 is 2.43 bits per heavy atom. The SMILES string of the molecule is CCC(C)Nc1ccc(S(=O)(=O)NCCc2ccc(OC)cc2)cc1C(=O)O. The standard InChI is InChI=1S/C20H26N2O5S/c1-4-14(2)22-19-10-9-17(13-18(19)20(23)24)28(25,26)21-12-11-15-5-7-16(27-3)8-6-15/h5-10,13-14,21-22H,4,11-12H2,1-3H3,(H,23,24). The van der Waals surface area contributed by atoms with Crippen LogP contribution in [0.3, 0.4) is 0 Å². The largest absolute Gasteiger partial charge is 0.497 e. The van der Waals surface area contributed by atoms with Crippen LogP contribution in [-0.4, -0.2) is 39.2 Å². The Balaban J connectivity index is 2.10. The van der Waals surface area contributed by atoms with E-state index in [1.165, 1.54) is 18.2 Å². The molecule has 0 radical (unpaired) electrons.